The zero-order chi connectivity index (χ0) is 15.2. The number of carbonyl (C=O) groups is 2. The van der Waals surface area contributed by atoms with Crippen LogP contribution >= 0.6 is 15.9 Å². The second-order valence-corrected chi connectivity index (χ2v) is 5.81. The number of ether oxygens (including phenoxy) is 1. The summed E-state index contributed by atoms with van der Waals surface area (Å²) in [5, 5.41) is 2.89. The highest BCUT2D eigenvalue weighted by molar-refractivity contribution is 9.10. The Kier molecular flexibility index (Phi) is 5.76. The quantitative estimate of drug-likeness (QED) is 0.821. The van der Waals surface area contributed by atoms with E-state index in [1.165, 1.54) is 0 Å². The molecule has 2 rings (SSSR count). The van der Waals surface area contributed by atoms with E-state index in [9.17, 15) is 9.59 Å². The molecule has 0 radical (unpaired) electrons. The van der Waals surface area contributed by atoms with Crippen molar-refractivity contribution in [2.75, 3.05) is 31.2 Å². The lowest BCUT2D eigenvalue weighted by molar-refractivity contribution is -0.124. The maximum absolute atomic E-state index is 12.3. The number of halogens is 1. The van der Waals surface area contributed by atoms with E-state index in [4.69, 9.17) is 4.74 Å². The molecule has 1 aromatic rings. The number of anilines is 1. The third-order valence-corrected chi connectivity index (χ3v) is 3.90. The molecule has 1 heterocycles. The molecule has 0 aromatic heterocycles. The summed E-state index contributed by atoms with van der Waals surface area (Å²) in [6, 6.07) is 5.10. The Morgan fingerprint density at radius 2 is 2.38 bits per heavy atom. The molecule has 1 aliphatic rings. The van der Waals surface area contributed by atoms with E-state index >= 15 is 0 Å². The van der Waals surface area contributed by atoms with Gasteiger partial charge in [0.15, 0.2) is 6.29 Å². The molecule has 1 aliphatic heterocycles. The third-order valence-electron chi connectivity index (χ3n) is 3.41. The van der Waals surface area contributed by atoms with E-state index in [-0.39, 0.29) is 5.91 Å². The van der Waals surface area contributed by atoms with Gasteiger partial charge in [0, 0.05) is 28.8 Å². The first-order valence-electron chi connectivity index (χ1n) is 7.04. The molecule has 1 saturated heterocycles. The minimum atomic E-state index is -0.398. The SMILES string of the molecule is CCCNC(=O)C1COCCN1c1ccc(Br)cc1C=O. The molecule has 6 heteroatoms. The summed E-state index contributed by atoms with van der Waals surface area (Å²) in [6.45, 7) is 4.13. The molecular weight excluding hydrogens is 336 g/mol. The van der Waals surface area contributed by atoms with Crippen LogP contribution in [-0.2, 0) is 9.53 Å². The molecule has 1 aromatic carbocycles. The van der Waals surface area contributed by atoms with Crippen molar-refractivity contribution in [2.24, 2.45) is 0 Å². The van der Waals surface area contributed by atoms with Crippen molar-refractivity contribution in [2.45, 2.75) is 19.4 Å². The molecule has 1 unspecified atom stereocenters. The Morgan fingerprint density at radius 1 is 1.57 bits per heavy atom. The van der Waals surface area contributed by atoms with Crippen LogP contribution in [0.5, 0.6) is 0 Å². The van der Waals surface area contributed by atoms with Gasteiger partial charge in [0.2, 0.25) is 5.91 Å². The Bertz CT molecular complexity index is 522. The molecule has 0 spiro atoms. The normalized spacial score (nSPS) is 18.4. The summed E-state index contributed by atoms with van der Waals surface area (Å²) in [5.74, 6) is -0.0590. The number of nitrogens with one attached hydrogen (secondary N) is 1. The van der Waals surface area contributed by atoms with Crippen molar-refractivity contribution < 1.29 is 14.3 Å². The van der Waals surface area contributed by atoms with Crippen molar-refractivity contribution in [3.8, 4) is 0 Å². The molecule has 21 heavy (non-hydrogen) atoms. The summed E-state index contributed by atoms with van der Waals surface area (Å²) in [5.41, 5.74) is 1.34. The van der Waals surface area contributed by atoms with Crippen molar-refractivity contribution >= 4 is 33.8 Å². The second kappa shape index (κ2) is 7.56. The summed E-state index contributed by atoms with van der Waals surface area (Å²) < 4.78 is 6.27. The Balaban J connectivity index is 2.26. The Hall–Kier alpha value is -1.40. The lowest BCUT2D eigenvalue weighted by atomic mass is 10.1. The van der Waals surface area contributed by atoms with Crippen LogP contribution in [0.1, 0.15) is 23.7 Å². The van der Waals surface area contributed by atoms with Crippen LogP contribution < -0.4 is 10.2 Å². The van der Waals surface area contributed by atoms with Gasteiger partial charge in [0.25, 0.3) is 0 Å². The number of benzene rings is 1. The second-order valence-electron chi connectivity index (χ2n) is 4.90. The van der Waals surface area contributed by atoms with Crippen LogP contribution in [0.3, 0.4) is 0 Å². The highest BCUT2D eigenvalue weighted by Crippen LogP contribution is 2.26. The lowest BCUT2D eigenvalue weighted by Gasteiger charge is -2.37. The van der Waals surface area contributed by atoms with E-state index in [0.717, 1.165) is 22.9 Å². The summed E-state index contributed by atoms with van der Waals surface area (Å²) in [7, 11) is 0. The molecular formula is C15H19BrN2O3. The molecule has 114 valence electrons. The Labute approximate surface area is 132 Å². The van der Waals surface area contributed by atoms with E-state index < -0.39 is 6.04 Å². The molecule has 1 amide bonds. The van der Waals surface area contributed by atoms with Gasteiger partial charge in [0.05, 0.1) is 13.2 Å². The molecule has 5 nitrogen and oxygen atoms in total. The number of aldehydes is 1. The molecule has 1 N–H and O–H groups in total. The minimum Gasteiger partial charge on any atom is -0.377 e. The molecule has 0 aliphatic carbocycles. The largest absolute Gasteiger partial charge is 0.377 e. The van der Waals surface area contributed by atoms with Gasteiger partial charge in [-0.3, -0.25) is 9.59 Å². The van der Waals surface area contributed by atoms with Crippen LogP contribution in [0.2, 0.25) is 0 Å². The van der Waals surface area contributed by atoms with Gasteiger partial charge in [-0.25, -0.2) is 0 Å². The van der Waals surface area contributed by atoms with Crippen LogP contribution in [0.15, 0.2) is 22.7 Å². The minimum absolute atomic E-state index is 0.0590. The number of carbonyl (C=O) groups excluding carboxylic acids is 2. The van der Waals surface area contributed by atoms with Gasteiger partial charge in [-0.15, -0.1) is 0 Å². The number of nitrogens with zero attached hydrogens (tertiary/aromatic N) is 1. The number of amides is 1. The maximum Gasteiger partial charge on any atom is 0.245 e. The molecule has 0 bridgehead atoms. The lowest BCUT2D eigenvalue weighted by Crippen LogP contribution is -2.54. The smallest absolute Gasteiger partial charge is 0.245 e. The first-order valence-corrected chi connectivity index (χ1v) is 7.83. The molecule has 0 saturated carbocycles. The van der Waals surface area contributed by atoms with Crippen LogP contribution in [-0.4, -0.2) is 44.5 Å². The zero-order valence-electron chi connectivity index (χ0n) is 12.0. The standard InChI is InChI=1S/C15H19BrN2O3/c1-2-5-17-15(20)14-10-21-7-6-18(14)13-4-3-12(16)8-11(13)9-19/h3-4,8-9,14H,2,5-7,10H2,1H3,(H,17,20). The highest BCUT2D eigenvalue weighted by atomic mass is 79.9. The van der Waals surface area contributed by atoms with Gasteiger partial charge < -0.3 is 15.0 Å². The van der Waals surface area contributed by atoms with Crippen molar-refractivity contribution in [3.05, 3.63) is 28.2 Å². The fourth-order valence-corrected chi connectivity index (χ4v) is 2.74. The summed E-state index contributed by atoms with van der Waals surface area (Å²) >= 11 is 3.36. The van der Waals surface area contributed by atoms with E-state index in [0.29, 0.717) is 31.9 Å². The average Bonchev–Trinajstić information content (AvgIpc) is 2.52. The summed E-state index contributed by atoms with van der Waals surface area (Å²) in [4.78, 5) is 25.5. The Morgan fingerprint density at radius 3 is 3.10 bits per heavy atom. The first-order chi connectivity index (χ1) is 10.2. The number of morpholine rings is 1. The van der Waals surface area contributed by atoms with E-state index in [2.05, 4.69) is 21.2 Å². The summed E-state index contributed by atoms with van der Waals surface area (Å²) in [6.07, 6.45) is 1.70. The van der Waals surface area contributed by atoms with Crippen LogP contribution in [0, 0.1) is 0 Å². The maximum atomic E-state index is 12.3. The van der Waals surface area contributed by atoms with Crippen LogP contribution in [0.25, 0.3) is 0 Å². The topological polar surface area (TPSA) is 58.6 Å². The first kappa shape index (κ1) is 16.0. The fourth-order valence-electron chi connectivity index (χ4n) is 2.36. The van der Waals surface area contributed by atoms with Gasteiger partial charge in [-0.05, 0) is 24.6 Å². The fraction of sp³-hybridized carbons (Fsp3) is 0.467. The van der Waals surface area contributed by atoms with Gasteiger partial charge in [0.1, 0.15) is 6.04 Å². The van der Waals surface area contributed by atoms with Crippen molar-refractivity contribution in [3.63, 3.8) is 0 Å². The highest BCUT2D eigenvalue weighted by Gasteiger charge is 2.30. The number of hydrogen-bond donors (Lipinski definition) is 1. The molecule has 1 atom stereocenters. The monoisotopic (exact) mass is 354 g/mol. The van der Waals surface area contributed by atoms with Crippen molar-refractivity contribution in [1.82, 2.24) is 5.32 Å². The number of rotatable bonds is 5. The predicted octanol–water partition coefficient (Wildman–Crippen LogP) is 1.99. The van der Waals surface area contributed by atoms with Crippen molar-refractivity contribution in [1.29, 1.82) is 0 Å². The van der Waals surface area contributed by atoms with Gasteiger partial charge >= 0.3 is 0 Å². The van der Waals surface area contributed by atoms with E-state index in [1.807, 2.05) is 24.0 Å². The predicted molar refractivity (Wildman–Crippen MR) is 84.8 cm³/mol. The van der Waals surface area contributed by atoms with Gasteiger partial charge in [-0.1, -0.05) is 22.9 Å². The van der Waals surface area contributed by atoms with E-state index in [1.54, 1.807) is 6.07 Å². The number of hydrogen-bond acceptors (Lipinski definition) is 4. The molecule has 1 fully saturated rings. The average molecular weight is 355 g/mol. The zero-order valence-corrected chi connectivity index (χ0v) is 13.6. The van der Waals surface area contributed by atoms with Crippen LogP contribution in [0.4, 0.5) is 5.69 Å². The van der Waals surface area contributed by atoms with Gasteiger partial charge in [-0.2, -0.15) is 0 Å². The third kappa shape index (κ3) is 3.83.